The number of hydrogen-bond acceptors (Lipinski definition) is 11. The lowest BCUT2D eigenvalue weighted by molar-refractivity contribution is -0.376. The summed E-state index contributed by atoms with van der Waals surface area (Å²) in [5.41, 5.74) is 0. The number of aliphatic hydroxyl groups is 8. The fraction of sp³-hybridized carbons (Fsp3) is 1.00. The minimum absolute atomic E-state index is 0.667. The predicted molar refractivity (Wildman–Crippen MR) is 68.6 cm³/mol. The Labute approximate surface area is 130 Å². The van der Waals surface area contributed by atoms with Crippen LogP contribution in [0, 0.1) is 0 Å². The monoisotopic (exact) mass is 342 g/mol. The molecule has 2 heterocycles. The van der Waals surface area contributed by atoms with Gasteiger partial charge in [-0.2, -0.15) is 0 Å². The minimum atomic E-state index is -1.72. The molecule has 136 valence electrons. The van der Waals surface area contributed by atoms with Crippen LogP contribution in [-0.4, -0.2) is 115 Å². The molecule has 0 bridgehead atoms. The van der Waals surface area contributed by atoms with Crippen molar-refractivity contribution in [2.45, 2.75) is 61.4 Å². The Kier molecular flexibility index (Phi) is 6.27. The fourth-order valence-corrected chi connectivity index (χ4v) is 2.49. The van der Waals surface area contributed by atoms with Gasteiger partial charge in [0.15, 0.2) is 12.6 Å². The molecule has 2 aliphatic rings. The molecule has 0 aromatic carbocycles. The molecule has 0 saturated carbocycles. The normalized spacial score (nSPS) is 51.7. The first kappa shape index (κ1) is 18.9. The van der Waals surface area contributed by atoms with Crippen LogP contribution in [0.25, 0.3) is 0 Å². The van der Waals surface area contributed by atoms with Gasteiger partial charge in [-0.3, -0.25) is 0 Å². The second kappa shape index (κ2) is 7.63. The zero-order chi connectivity index (χ0) is 17.3. The third kappa shape index (κ3) is 3.65. The summed E-state index contributed by atoms with van der Waals surface area (Å²) in [4.78, 5) is 0. The zero-order valence-electron chi connectivity index (χ0n) is 12.0. The second-order valence-corrected chi connectivity index (χ2v) is 5.53. The van der Waals surface area contributed by atoms with E-state index in [0.29, 0.717) is 0 Å². The molecule has 2 fully saturated rings. The van der Waals surface area contributed by atoms with Crippen LogP contribution in [0.4, 0.5) is 0 Å². The van der Waals surface area contributed by atoms with Crippen LogP contribution >= 0.6 is 0 Å². The van der Waals surface area contributed by atoms with Gasteiger partial charge in [-0.15, -0.1) is 0 Å². The summed E-state index contributed by atoms with van der Waals surface area (Å²) in [6.45, 7) is -1.33. The highest BCUT2D eigenvalue weighted by Crippen LogP contribution is 2.27. The Hall–Kier alpha value is -0.440. The van der Waals surface area contributed by atoms with Gasteiger partial charge in [0.1, 0.15) is 48.8 Å². The van der Waals surface area contributed by atoms with Gasteiger partial charge in [0.05, 0.1) is 13.2 Å². The fourth-order valence-electron chi connectivity index (χ4n) is 2.49. The van der Waals surface area contributed by atoms with Crippen molar-refractivity contribution in [2.75, 3.05) is 13.2 Å². The third-order valence-corrected chi connectivity index (χ3v) is 3.97. The van der Waals surface area contributed by atoms with Gasteiger partial charge < -0.3 is 55.1 Å². The average molecular weight is 342 g/mol. The molecular weight excluding hydrogens is 320 g/mol. The highest BCUT2D eigenvalue weighted by molar-refractivity contribution is 4.92. The molecular formula is C12H22O11. The van der Waals surface area contributed by atoms with Gasteiger partial charge in [-0.05, 0) is 0 Å². The molecule has 0 spiro atoms. The molecule has 0 aromatic heterocycles. The molecule has 23 heavy (non-hydrogen) atoms. The van der Waals surface area contributed by atoms with Gasteiger partial charge in [0, 0.05) is 0 Å². The molecule has 10 atom stereocenters. The van der Waals surface area contributed by atoms with Crippen molar-refractivity contribution in [1.29, 1.82) is 0 Å². The van der Waals surface area contributed by atoms with Crippen LogP contribution in [0.5, 0.6) is 0 Å². The van der Waals surface area contributed by atoms with E-state index in [1.165, 1.54) is 0 Å². The largest absolute Gasteiger partial charge is 0.394 e. The Bertz CT molecular complexity index is 344. The van der Waals surface area contributed by atoms with E-state index >= 15 is 0 Å². The van der Waals surface area contributed by atoms with Crippen molar-refractivity contribution in [3.8, 4) is 0 Å². The number of ether oxygens (including phenoxy) is 3. The molecule has 0 aliphatic carbocycles. The van der Waals surface area contributed by atoms with Crippen LogP contribution in [-0.2, 0) is 14.2 Å². The Morgan fingerprint density at radius 2 is 0.913 bits per heavy atom. The van der Waals surface area contributed by atoms with Crippen molar-refractivity contribution in [2.24, 2.45) is 0 Å². The summed E-state index contributed by atoms with van der Waals surface area (Å²) < 4.78 is 15.3. The molecule has 2 aliphatic heterocycles. The van der Waals surface area contributed by atoms with E-state index in [1.807, 2.05) is 0 Å². The van der Waals surface area contributed by atoms with Crippen LogP contribution < -0.4 is 0 Å². The van der Waals surface area contributed by atoms with Gasteiger partial charge in [-0.1, -0.05) is 0 Å². The molecule has 11 nitrogen and oxygen atoms in total. The molecule has 2 saturated heterocycles. The summed E-state index contributed by atoms with van der Waals surface area (Å²) in [6.07, 6.45) is -15.6. The maximum atomic E-state index is 9.84. The maximum Gasteiger partial charge on any atom is 0.189 e. The highest BCUT2D eigenvalue weighted by Gasteiger charge is 2.49. The van der Waals surface area contributed by atoms with Crippen molar-refractivity contribution in [3.05, 3.63) is 0 Å². The van der Waals surface area contributed by atoms with E-state index in [9.17, 15) is 30.6 Å². The highest BCUT2D eigenvalue weighted by atomic mass is 16.8. The quantitative estimate of drug-likeness (QED) is 0.243. The Morgan fingerprint density at radius 3 is 1.22 bits per heavy atom. The predicted octanol–water partition coefficient (Wildman–Crippen LogP) is -5.40. The van der Waals surface area contributed by atoms with Gasteiger partial charge in [-0.25, -0.2) is 0 Å². The first-order valence-electron chi connectivity index (χ1n) is 7.08. The van der Waals surface area contributed by atoms with Crippen molar-refractivity contribution in [3.63, 3.8) is 0 Å². The van der Waals surface area contributed by atoms with E-state index in [-0.39, 0.29) is 0 Å². The van der Waals surface area contributed by atoms with Gasteiger partial charge in [0.25, 0.3) is 0 Å². The standard InChI is InChI=1S/C12H22O11/c13-1-3-5(15)7(17)9(19)11(21-3)23-12-10(20)8(18)6(16)4(2-14)22-12/h3-20H,1-2H2. The van der Waals surface area contributed by atoms with E-state index in [2.05, 4.69) is 0 Å². The second-order valence-electron chi connectivity index (χ2n) is 5.53. The topological polar surface area (TPSA) is 190 Å². The summed E-state index contributed by atoms with van der Waals surface area (Å²) in [6, 6.07) is 0. The van der Waals surface area contributed by atoms with Crippen LogP contribution in [0.15, 0.2) is 0 Å². The zero-order valence-corrected chi connectivity index (χ0v) is 12.0. The van der Waals surface area contributed by atoms with E-state index in [4.69, 9.17) is 24.4 Å². The van der Waals surface area contributed by atoms with Crippen LogP contribution in [0.2, 0.25) is 0 Å². The first-order valence-corrected chi connectivity index (χ1v) is 7.08. The lowest BCUT2D eigenvalue weighted by Crippen LogP contribution is -2.63. The minimum Gasteiger partial charge on any atom is -0.394 e. The van der Waals surface area contributed by atoms with Gasteiger partial charge >= 0.3 is 0 Å². The van der Waals surface area contributed by atoms with E-state index < -0.39 is 74.6 Å². The molecule has 8 N–H and O–H groups in total. The Balaban J connectivity index is 2.07. The summed E-state index contributed by atoms with van der Waals surface area (Å²) in [5.74, 6) is 0. The molecule has 0 amide bonds. The SMILES string of the molecule is OCC1OC(OC2OC(CO)C(O)C(O)C2O)C(O)C(O)C1O. The number of hydrogen-bond donors (Lipinski definition) is 8. The maximum absolute atomic E-state index is 9.84. The van der Waals surface area contributed by atoms with Gasteiger partial charge in [0.2, 0.25) is 0 Å². The smallest absolute Gasteiger partial charge is 0.189 e. The van der Waals surface area contributed by atoms with E-state index in [0.717, 1.165) is 0 Å². The van der Waals surface area contributed by atoms with Crippen molar-refractivity contribution >= 4 is 0 Å². The third-order valence-electron chi connectivity index (χ3n) is 3.97. The first-order chi connectivity index (χ1) is 10.8. The summed E-state index contributed by atoms with van der Waals surface area (Å²) in [7, 11) is 0. The van der Waals surface area contributed by atoms with E-state index in [1.54, 1.807) is 0 Å². The molecule has 0 radical (unpaired) electrons. The summed E-state index contributed by atoms with van der Waals surface area (Å²) >= 11 is 0. The number of rotatable bonds is 4. The van der Waals surface area contributed by atoms with Crippen molar-refractivity contribution < 1.29 is 55.1 Å². The van der Waals surface area contributed by atoms with Crippen LogP contribution in [0.3, 0.4) is 0 Å². The van der Waals surface area contributed by atoms with Crippen molar-refractivity contribution in [1.82, 2.24) is 0 Å². The van der Waals surface area contributed by atoms with Crippen LogP contribution in [0.1, 0.15) is 0 Å². The Morgan fingerprint density at radius 1 is 0.565 bits per heavy atom. The summed E-state index contributed by atoms with van der Waals surface area (Å²) in [5, 5.41) is 76.4. The molecule has 10 unspecified atom stereocenters. The molecule has 2 rings (SSSR count). The lowest BCUT2D eigenvalue weighted by atomic mass is 9.98. The molecule has 11 heteroatoms. The molecule has 0 aromatic rings. The number of aliphatic hydroxyl groups excluding tert-OH is 8. The average Bonchev–Trinajstić information content (AvgIpc) is 2.55. The lowest BCUT2D eigenvalue weighted by Gasteiger charge is -2.44.